The van der Waals surface area contributed by atoms with Crippen molar-refractivity contribution in [3.05, 3.63) is 81.5 Å². The van der Waals surface area contributed by atoms with E-state index < -0.39 is 12.0 Å². The number of likely N-dealkylation sites (tertiary alicyclic amines) is 1. The van der Waals surface area contributed by atoms with Crippen molar-refractivity contribution in [3.8, 4) is 5.69 Å². The van der Waals surface area contributed by atoms with Gasteiger partial charge in [-0.1, -0.05) is 35.9 Å². The molecular formula is C24H27ClN4O3. The molecule has 1 N–H and O–H groups in total. The lowest BCUT2D eigenvalue weighted by Gasteiger charge is -2.36. The summed E-state index contributed by atoms with van der Waals surface area (Å²) in [6, 6.07) is 14.4. The maximum Gasteiger partial charge on any atom is 0.350 e. The number of halogens is 1. The van der Waals surface area contributed by atoms with Gasteiger partial charge in [-0.05, 0) is 81.1 Å². The molecule has 2 heterocycles. The summed E-state index contributed by atoms with van der Waals surface area (Å²) in [5, 5.41) is 14.6. The normalized spacial score (nSPS) is 16.4. The number of hydrogen-bond donors (Lipinski definition) is 1. The van der Waals surface area contributed by atoms with Gasteiger partial charge in [0.1, 0.15) is 12.4 Å². The van der Waals surface area contributed by atoms with Crippen molar-refractivity contribution in [2.45, 2.75) is 44.7 Å². The van der Waals surface area contributed by atoms with Crippen LogP contribution in [-0.2, 0) is 4.79 Å². The number of nitrogens with zero attached hydrogens (tertiary/aromatic N) is 4. The first-order chi connectivity index (χ1) is 15.3. The van der Waals surface area contributed by atoms with Crippen molar-refractivity contribution in [1.29, 1.82) is 0 Å². The molecule has 1 aliphatic rings. The fourth-order valence-corrected chi connectivity index (χ4v) is 4.63. The molecule has 0 amide bonds. The average Bonchev–Trinajstić information content (AvgIpc) is 3.16. The van der Waals surface area contributed by atoms with Crippen LogP contribution in [0.2, 0.25) is 5.02 Å². The van der Waals surface area contributed by atoms with Crippen molar-refractivity contribution in [1.82, 2.24) is 19.2 Å². The third-order valence-corrected chi connectivity index (χ3v) is 6.35. The number of carbonyl (C=O) groups is 1. The summed E-state index contributed by atoms with van der Waals surface area (Å²) in [6.45, 7) is 5.23. The van der Waals surface area contributed by atoms with E-state index in [2.05, 4.69) is 17.2 Å². The van der Waals surface area contributed by atoms with Gasteiger partial charge in [-0.25, -0.2) is 14.0 Å². The van der Waals surface area contributed by atoms with Crippen LogP contribution in [0, 0.1) is 0 Å². The number of benzene rings is 2. The van der Waals surface area contributed by atoms with Crippen LogP contribution in [0.4, 0.5) is 0 Å². The number of carboxylic acid groups (broad SMARTS) is 1. The lowest BCUT2D eigenvalue weighted by molar-refractivity contribution is -0.144. The van der Waals surface area contributed by atoms with E-state index >= 15 is 0 Å². The second-order valence-corrected chi connectivity index (χ2v) is 8.96. The second-order valence-electron chi connectivity index (χ2n) is 8.52. The van der Waals surface area contributed by atoms with Gasteiger partial charge in [0.2, 0.25) is 0 Å². The fraction of sp³-hybridized carbons (Fsp3) is 0.375. The summed E-state index contributed by atoms with van der Waals surface area (Å²) in [7, 11) is 0. The van der Waals surface area contributed by atoms with Crippen LogP contribution in [0.25, 0.3) is 5.69 Å². The molecule has 0 aliphatic carbocycles. The van der Waals surface area contributed by atoms with Crippen LogP contribution < -0.4 is 5.69 Å². The lowest BCUT2D eigenvalue weighted by atomic mass is 9.88. The molecule has 1 unspecified atom stereocenters. The molecule has 32 heavy (non-hydrogen) atoms. The van der Waals surface area contributed by atoms with Crippen molar-refractivity contribution in [3.63, 3.8) is 0 Å². The van der Waals surface area contributed by atoms with E-state index in [-0.39, 0.29) is 11.7 Å². The van der Waals surface area contributed by atoms with Gasteiger partial charge < -0.3 is 5.11 Å². The van der Waals surface area contributed by atoms with E-state index in [0.717, 1.165) is 18.5 Å². The van der Waals surface area contributed by atoms with E-state index in [9.17, 15) is 14.7 Å². The summed E-state index contributed by atoms with van der Waals surface area (Å²) in [5.41, 5.74) is 2.55. The Morgan fingerprint density at radius 1 is 1.12 bits per heavy atom. The summed E-state index contributed by atoms with van der Waals surface area (Å²) < 4.78 is 3.01. The largest absolute Gasteiger partial charge is 0.480 e. The van der Waals surface area contributed by atoms with Gasteiger partial charge in [-0.3, -0.25) is 9.69 Å². The highest BCUT2D eigenvalue weighted by Crippen LogP contribution is 2.33. The zero-order valence-electron chi connectivity index (χ0n) is 18.2. The van der Waals surface area contributed by atoms with Crippen LogP contribution in [0.3, 0.4) is 0 Å². The Kier molecular flexibility index (Phi) is 6.48. The third-order valence-electron chi connectivity index (χ3n) is 6.12. The fourth-order valence-electron chi connectivity index (χ4n) is 4.43. The molecule has 0 spiro atoms. The van der Waals surface area contributed by atoms with Crippen LogP contribution in [0.15, 0.2) is 59.7 Å². The SMILES string of the molecule is CC(C)n1ncn(-c2ccc(C3CCN(C(C(=O)O)c4cccc(Cl)c4)CC3)cc2)c1=O. The molecule has 1 saturated heterocycles. The standard InChI is InChI=1S/C24H27ClN4O3/c1-16(2)29-24(32)28(15-26-29)21-8-6-17(7-9-21)18-10-12-27(13-11-18)22(23(30)31)19-4-3-5-20(25)14-19/h3-9,14-16,18,22H,10-13H2,1-2H3,(H,30,31). The topological polar surface area (TPSA) is 80.4 Å². The molecule has 1 aromatic heterocycles. The predicted molar refractivity (Wildman–Crippen MR) is 124 cm³/mol. The molecule has 8 heteroatoms. The van der Waals surface area contributed by atoms with Crippen LogP contribution >= 0.6 is 11.6 Å². The molecular weight excluding hydrogens is 428 g/mol. The quantitative estimate of drug-likeness (QED) is 0.601. The zero-order valence-corrected chi connectivity index (χ0v) is 18.9. The van der Waals surface area contributed by atoms with Crippen LogP contribution in [0.1, 0.15) is 55.8 Å². The van der Waals surface area contributed by atoms with E-state index in [1.54, 1.807) is 29.1 Å². The Hall–Kier alpha value is -2.90. The monoisotopic (exact) mass is 454 g/mol. The second kappa shape index (κ2) is 9.30. The van der Waals surface area contributed by atoms with E-state index in [1.165, 1.54) is 10.2 Å². The minimum absolute atomic E-state index is 0.00903. The van der Waals surface area contributed by atoms with E-state index in [1.807, 2.05) is 36.9 Å². The molecule has 3 aromatic rings. The maximum atomic E-state index is 12.5. The molecule has 1 aliphatic heterocycles. The molecule has 0 radical (unpaired) electrons. The first-order valence-electron chi connectivity index (χ1n) is 10.8. The zero-order chi connectivity index (χ0) is 22.8. The Morgan fingerprint density at radius 3 is 2.38 bits per heavy atom. The van der Waals surface area contributed by atoms with Crippen molar-refractivity contribution < 1.29 is 9.90 Å². The highest BCUT2D eigenvalue weighted by Gasteiger charge is 2.31. The highest BCUT2D eigenvalue weighted by molar-refractivity contribution is 6.30. The summed E-state index contributed by atoms with van der Waals surface area (Å²) in [5.74, 6) is -0.508. The number of rotatable bonds is 6. The summed E-state index contributed by atoms with van der Waals surface area (Å²) >= 11 is 6.08. The Balaban J connectivity index is 1.45. The van der Waals surface area contributed by atoms with E-state index in [0.29, 0.717) is 29.6 Å². The highest BCUT2D eigenvalue weighted by atomic mass is 35.5. The van der Waals surface area contributed by atoms with E-state index in [4.69, 9.17) is 11.6 Å². The van der Waals surface area contributed by atoms with Gasteiger partial charge in [0.25, 0.3) is 0 Å². The first kappa shape index (κ1) is 22.3. The first-order valence-corrected chi connectivity index (χ1v) is 11.2. The number of aliphatic carboxylic acids is 1. The number of hydrogen-bond acceptors (Lipinski definition) is 4. The van der Waals surface area contributed by atoms with Gasteiger partial charge in [0.15, 0.2) is 0 Å². The molecule has 0 bridgehead atoms. The van der Waals surface area contributed by atoms with Gasteiger partial charge in [0, 0.05) is 5.02 Å². The van der Waals surface area contributed by atoms with Gasteiger partial charge >= 0.3 is 11.7 Å². The van der Waals surface area contributed by atoms with Crippen LogP contribution in [-0.4, -0.2) is 43.4 Å². The van der Waals surface area contributed by atoms with Gasteiger partial charge in [-0.2, -0.15) is 5.10 Å². The Bertz CT molecular complexity index is 1140. The molecule has 168 valence electrons. The third kappa shape index (κ3) is 4.49. The van der Waals surface area contributed by atoms with Crippen molar-refractivity contribution in [2.75, 3.05) is 13.1 Å². The maximum absolute atomic E-state index is 12.5. The Labute approximate surface area is 191 Å². The molecule has 0 saturated carbocycles. The lowest BCUT2D eigenvalue weighted by Crippen LogP contribution is -2.39. The summed E-state index contributed by atoms with van der Waals surface area (Å²) in [6.07, 6.45) is 3.29. The minimum Gasteiger partial charge on any atom is -0.480 e. The number of carboxylic acids is 1. The average molecular weight is 455 g/mol. The minimum atomic E-state index is -0.859. The predicted octanol–water partition coefficient (Wildman–Crippen LogP) is 4.27. The Morgan fingerprint density at radius 2 is 1.81 bits per heavy atom. The van der Waals surface area contributed by atoms with Crippen LogP contribution in [0.5, 0.6) is 0 Å². The summed E-state index contributed by atoms with van der Waals surface area (Å²) in [4.78, 5) is 26.5. The molecule has 1 atom stereocenters. The van der Waals surface area contributed by atoms with Crippen molar-refractivity contribution in [2.24, 2.45) is 0 Å². The smallest absolute Gasteiger partial charge is 0.350 e. The molecule has 2 aromatic carbocycles. The molecule has 7 nitrogen and oxygen atoms in total. The van der Waals surface area contributed by atoms with Gasteiger partial charge in [-0.15, -0.1) is 0 Å². The number of aromatic nitrogens is 3. The van der Waals surface area contributed by atoms with Crippen molar-refractivity contribution >= 4 is 17.6 Å². The number of piperidine rings is 1. The molecule has 1 fully saturated rings. The van der Waals surface area contributed by atoms with Gasteiger partial charge in [0.05, 0.1) is 11.7 Å². The molecule has 4 rings (SSSR count).